The van der Waals surface area contributed by atoms with E-state index in [2.05, 4.69) is 45.5 Å². The van der Waals surface area contributed by atoms with Gasteiger partial charge < -0.3 is 5.32 Å². The van der Waals surface area contributed by atoms with Gasteiger partial charge in [-0.1, -0.05) is 54.1 Å². The van der Waals surface area contributed by atoms with Crippen LogP contribution in [0.1, 0.15) is 24.0 Å². The number of carbonyl (C=O) groups excluding carboxylic acids is 1. The third-order valence-electron chi connectivity index (χ3n) is 6.34. The summed E-state index contributed by atoms with van der Waals surface area (Å²) in [6.07, 6.45) is 6.05. The molecule has 160 valence electrons. The molecule has 0 spiro atoms. The molecule has 0 radical (unpaired) electrons. The molecule has 0 unspecified atom stereocenters. The number of nitrogens with one attached hydrogen (secondary N) is 1. The lowest BCUT2D eigenvalue weighted by atomic mass is 9.72. The van der Waals surface area contributed by atoms with E-state index in [-0.39, 0.29) is 5.91 Å². The third kappa shape index (κ3) is 4.97. The van der Waals surface area contributed by atoms with E-state index in [1.165, 1.54) is 11.1 Å². The van der Waals surface area contributed by atoms with Gasteiger partial charge in [0.05, 0.1) is 5.41 Å². The zero-order chi connectivity index (χ0) is 21.7. The molecule has 31 heavy (non-hydrogen) atoms. The first-order valence-electron chi connectivity index (χ1n) is 10.8. The van der Waals surface area contributed by atoms with Gasteiger partial charge in [0, 0.05) is 36.6 Å². The average molecular weight is 434 g/mol. The molecule has 5 heteroatoms. The molecule has 1 fully saturated rings. The van der Waals surface area contributed by atoms with Gasteiger partial charge in [0.25, 0.3) is 0 Å². The predicted molar refractivity (Wildman–Crippen MR) is 126 cm³/mol. The van der Waals surface area contributed by atoms with Crippen LogP contribution in [-0.2, 0) is 17.8 Å². The SMILES string of the molecule is CNC(=O)C1(Cc2ccccc2-c2cccnc2)CCN(Cc2cccc(Cl)c2)CC1. The van der Waals surface area contributed by atoms with E-state index in [0.717, 1.165) is 55.0 Å². The molecule has 1 aliphatic rings. The van der Waals surface area contributed by atoms with Crippen molar-refractivity contribution in [1.29, 1.82) is 0 Å². The Morgan fingerprint density at radius 2 is 1.90 bits per heavy atom. The van der Waals surface area contributed by atoms with Gasteiger partial charge >= 0.3 is 0 Å². The summed E-state index contributed by atoms with van der Waals surface area (Å²) in [6.45, 7) is 2.63. The Hall–Kier alpha value is -2.69. The molecule has 1 N–H and O–H groups in total. The summed E-state index contributed by atoms with van der Waals surface area (Å²) in [5.41, 5.74) is 4.24. The van der Waals surface area contributed by atoms with Crippen LogP contribution in [0.4, 0.5) is 0 Å². The number of carbonyl (C=O) groups is 1. The summed E-state index contributed by atoms with van der Waals surface area (Å²) in [6, 6.07) is 20.4. The van der Waals surface area contributed by atoms with Gasteiger partial charge in [-0.05, 0) is 67.2 Å². The topological polar surface area (TPSA) is 45.2 Å². The summed E-state index contributed by atoms with van der Waals surface area (Å²) < 4.78 is 0. The number of pyridine rings is 1. The van der Waals surface area contributed by atoms with E-state index in [9.17, 15) is 4.79 Å². The molecule has 3 aromatic rings. The highest BCUT2D eigenvalue weighted by atomic mass is 35.5. The lowest BCUT2D eigenvalue weighted by molar-refractivity contribution is -0.133. The Morgan fingerprint density at radius 3 is 2.61 bits per heavy atom. The van der Waals surface area contributed by atoms with Gasteiger partial charge in [0.2, 0.25) is 5.91 Å². The van der Waals surface area contributed by atoms with E-state index in [4.69, 9.17) is 11.6 Å². The van der Waals surface area contributed by atoms with Crippen LogP contribution in [0.15, 0.2) is 73.1 Å². The second kappa shape index (κ2) is 9.63. The number of hydrogen-bond donors (Lipinski definition) is 1. The summed E-state index contributed by atoms with van der Waals surface area (Å²) in [4.78, 5) is 19.8. The standard InChI is InChI=1S/C26H28ClN3O/c1-28-25(31)26(11-14-30(15-12-26)19-20-6-4-9-23(27)16-20)17-21-7-2-3-10-24(21)22-8-5-13-29-18-22/h2-10,13,16,18H,11-12,14-15,17,19H2,1H3,(H,28,31). The molecule has 4 nitrogen and oxygen atoms in total. The first-order valence-corrected chi connectivity index (χ1v) is 11.1. The smallest absolute Gasteiger partial charge is 0.226 e. The van der Waals surface area contributed by atoms with Crippen LogP contribution in [0.25, 0.3) is 11.1 Å². The molecule has 1 amide bonds. The fourth-order valence-electron chi connectivity index (χ4n) is 4.62. The van der Waals surface area contributed by atoms with Gasteiger partial charge in [-0.3, -0.25) is 14.7 Å². The summed E-state index contributed by atoms with van der Waals surface area (Å²) in [5, 5.41) is 3.70. The summed E-state index contributed by atoms with van der Waals surface area (Å²) >= 11 is 6.15. The first kappa shape index (κ1) is 21.5. The monoisotopic (exact) mass is 433 g/mol. The average Bonchev–Trinajstić information content (AvgIpc) is 2.81. The van der Waals surface area contributed by atoms with Crippen molar-refractivity contribution in [2.24, 2.45) is 5.41 Å². The minimum atomic E-state index is -0.405. The zero-order valence-corrected chi connectivity index (χ0v) is 18.6. The first-order chi connectivity index (χ1) is 15.1. The highest BCUT2D eigenvalue weighted by Crippen LogP contribution is 2.38. The van der Waals surface area contributed by atoms with Gasteiger partial charge in [-0.25, -0.2) is 0 Å². The zero-order valence-electron chi connectivity index (χ0n) is 17.9. The highest BCUT2D eigenvalue weighted by Gasteiger charge is 2.41. The van der Waals surface area contributed by atoms with Crippen LogP contribution >= 0.6 is 11.6 Å². The lowest BCUT2D eigenvalue weighted by Gasteiger charge is -2.41. The lowest BCUT2D eigenvalue weighted by Crippen LogP contribution is -2.49. The van der Waals surface area contributed by atoms with Crippen LogP contribution in [0.3, 0.4) is 0 Å². The third-order valence-corrected chi connectivity index (χ3v) is 6.57. The molecule has 1 aliphatic heterocycles. The molecule has 2 heterocycles. The van der Waals surface area contributed by atoms with Crippen LogP contribution in [0.2, 0.25) is 5.02 Å². The molecule has 2 aromatic carbocycles. The van der Waals surface area contributed by atoms with Crippen molar-refractivity contribution in [3.8, 4) is 11.1 Å². The number of hydrogen-bond acceptors (Lipinski definition) is 3. The maximum Gasteiger partial charge on any atom is 0.226 e. The number of nitrogens with zero attached hydrogens (tertiary/aromatic N) is 2. The van der Waals surface area contributed by atoms with E-state index < -0.39 is 5.41 Å². The minimum Gasteiger partial charge on any atom is -0.359 e. The normalized spacial score (nSPS) is 16.1. The van der Waals surface area contributed by atoms with Crippen molar-refractivity contribution in [3.63, 3.8) is 0 Å². The van der Waals surface area contributed by atoms with Crippen molar-refractivity contribution in [2.45, 2.75) is 25.8 Å². The second-order valence-corrected chi connectivity index (χ2v) is 8.78. The van der Waals surface area contributed by atoms with Gasteiger partial charge in [0.15, 0.2) is 0 Å². The number of piperidine rings is 1. The quantitative estimate of drug-likeness (QED) is 0.596. The Labute approximate surface area is 189 Å². The highest BCUT2D eigenvalue weighted by molar-refractivity contribution is 6.30. The van der Waals surface area contributed by atoms with E-state index in [0.29, 0.717) is 0 Å². The number of rotatable bonds is 6. The van der Waals surface area contributed by atoms with Crippen LogP contribution in [0.5, 0.6) is 0 Å². The maximum atomic E-state index is 13.1. The fraction of sp³-hybridized carbons (Fsp3) is 0.308. The molecule has 1 saturated heterocycles. The Balaban J connectivity index is 1.54. The predicted octanol–water partition coefficient (Wildman–Crippen LogP) is 4.97. The van der Waals surface area contributed by atoms with Crippen molar-refractivity contribution in [1.82, 2.24) is 15.2 Å². The van der Waals surface area contributed by atoms with Gasteiger partial charge in [0.1, 0.15) is 0 Å². The summed E-state index contributed by atoms with van der Waals surface area (Å²) in [5.74, 6) is 0.135. The fourth-order valence-corrected chi connectivity index (χ4v) is 4.84. The molecule has 0 aliphatic carbocycles. The largest absolute Gasteiger partial charge is 0.359 e. The molecular formula is C26H28ClN3O. The molecular weight excluding hydrogens is 406 g/mol. The summed E-state index contributed by atoms with van der Waals surface area (Å²) in [7, 11) is 1.75. The number of amides is 1. The number of benzene rings is 2. The molecule has 0 atom stereocenters. The van der Waals surface area contributed by atoms with Crippen molar-refractivity contribution >= 4 is 17.5 Å². The van der Waals surface area contributed by atoms with Gasteiger partial charge in [-0.2, -0.15) is 0 Å². The van der Waals surface area contributed by atoms with Crippen molar-refractivity contribution in [3.05, 3.63) is 89.2 Å². The Morgan fingerprint density at radius 1 is 1.10 bits per heavy atom. The Kier molecular flexibility index (Phi) is 6.69. The van der Waals surface area contributed by atoms with E-state index in [1.54, 1.807) is 13.2 Å². The number of likely N-dealkylation sites (tertiary alicyclic amines) is 1. The van der Waals surface area contributed by atoms with Gasteiger partial charge in [-0.15, -0.1) is 0 Å². The van der Waals surface area contributed by atoms with Crippen LogP contribution < -0.4 is 5.32 Å². The number of aromatic nitrogens is 1. The van der Waals surface area contributed by atoms with E-state index in [1.807, 2.05) is 36.5 Å². The number of halogens is 1. The van der Waals surface area contributed by atoms with E-state index >= 15 is 0 Å². The molecule has 1 aromatic heterocycles. The second-order valence-electron chi connectivity index (χ2n) is 8.34. The molecule has 0 saturated carbocycles. The Bertz CT molecular complexity index is 1030. The minimum absolute atomic E-state index is 0.135. The molecule has 0 bridgehead atoms. The maximum absolute atomic E-state index is 13.1. The van der Waals surface area contributed by atoms with Crippen LogP contribution in [0, 0.1) is 5.41 Å². The van der Waals surface area contributed by atoms with Crippen molar-refractivity contribution in [2.75, 3.05) is 20.1 Å². The van der Waals surface area contributed by atoms with Crippen molar-refractivity contribution < 1.29 is 4.79 Å². The molecule has 4 rings (SSSR count). The van der Waals surface area contributed by atoms with Crippen LogP contribution in [-0.4, -0.2) is 35.9 Å².